The van der Waals surface area contributed by atoms with Crippen molar-refractivity contribution < 1.29 is 14.3 Å². The fourth-order valence-corrected chi connectivity index (χ4v) is 4.08. The minimum absolute atomic E-state index is 0.0201. The normalized spacial score (nSPS) is 21.5. The first-order valence-corrected chi connectivity index (χ1v) is 9.43. The Balaban J connectivity index is 1.92. The lowest BCUT2D eigenvalue weighted by molar-refractivity contribution is -0.122. The SMILES string of the molecule is COc1cccc2c1OC(C)C(C=C1SC(=S)N(CC(C)C)C1=O)=C2. The number of carbonyl (C=O) groups excluding carboxylic acids is 1. The number of thioether (sulfide) groups is 1. The lowest BCUT2D eigenvalue weighted by Gasteiger charge is -2.24. The van der Waals surface area contributed by atoms with E-state index in [0.29, 0.717) is 27.4 Å². The zero-order valence-corrected chi connectivity index (χ0v) is 16.4. The molecule has 0 saturated carbocycles. The van der Waals surface area contributed by atoms with Crippen LogP contribution in [-0.4, -0.2) is 34.9 Å². The van der Waals surface area contributed by atoms with Gasteiger partial charge in [0.1, 0.15) is 10.4 Å². The van der Waals surface area contributed by atoms with E-state index in [1.807, 2.05) is 37.3 Å². The first-order chi connectivity index (χ1) is 11.9. The summed E-state index contributed by atoms with van der Waals surface area (Å²) in [6.07, 6.45) is 3.77. The Morgan fingerprint density at radius 1 is 1.44 bits per heavy atom. The molecular weight excluding hydrogens is 354 g/mol. The van der Waals surface area contributed by atoms with E-state index in [1.54, 1.807) is 12.0 Å². The van der Waals surface area contributed by atoms with E-state index in [1.165, 1.54) is 11.8 Å². The Labute approximate surface area is 157 Å². The third-order valence-corrected chi connectivity index (χ3v) is 5.41. The van der Waals surface area contributed by atoms with Crippen molar-refractivity contribution in [3.8, 4) is 11.5 Å². The van der Waals surface area contributed by atoms with Gasteiger partial charge in [-0.05, 0) is 36.6 Å². The van der Waals surface area contributed by atoms with Crippen molar-refractivity contribution in [3.63, 3.8) is 0 Å². The molecule has 0 aliphatic carbocycles. The molecule has 2 aliphatic rings. The highest BCUT2D eigenvalue weighted by atomic mass is 32.2. The van der Waals surface area contributed by atoms with Crippen molar-refractivity contribution in [1.82, 2.24) is 4.90 Å². The predicted molar refractivity (Wildman–Crippen MR) is 106 cm³/mol. The minimum Gasteiger partial charge on any atom is -0.493 e. The fraction of sp³-hybridized carbons (Fsp3) is 0.368. The van der Waals surface area contributed by atoms with Gasteiger partial charge in [-0.15, -0.1) is 0 Å². The number of rotatable bonds is 4. The van der Waals surface area contributed by atoms with Crippen molar-refractivity contribution in [2.75, 3.05) is 13.7 Å². The van der Waals surface area contributed by atoms with Crippen LogP contribution in [0.1, 0.15) is 26.3 Å². The summed E-state index contributed by atoms with van der Waals surface area (Å²) in [7, 11) is 1.63. The van der Waals surface area contributed by atoms with Crippen molar-refractivity contribution in [2.24, 2.45) is 5.92 Å². The summed E-state index contributed by atoms with van der Waals surface area (Å²) in [4.78, 5) is 15.0. The molecule has 0 N–H and O–H groups in total. The number of hydrogen-bond donors (Lipinski definition) is 0. The van der Waals surface area contributed by atoms with E-state index in [4.69, 9.17) is 21.7 Å². The Hall–Kier alpha value is -1.79. The molecule has 2 aliphatic heterocycles. The van der Waals surface area contributed by atoms with Crippen LogP contribution < -0.4 is 9.47 Å². The quantitative estimate of drug-likeness (QED) is 0.581. The molecule has 1 atom stereocenters. The molecule has 0 radical (unpaired) electrons. The number of ether oxygens (including phenoxy) is 2. The minimum atomic E-state index is -0.169. The molecule has 132 valence electrons. The maximum atomic E-state index is 12.6. The van der Waals surface area contributed by atoms with Crippen LogP contribution in [0.2, 0.25) is 0 Å². The molecule has 1 fully saturated rings. The first-order valence-electron chi connectivity index (χ1n) is 8.21. The molecule has 4 nitrogen and oxygen atoms in total. The third kappa shape index (κ3) is 3.60. The van der Waals surface area contributed by atoms with Gasteiger partial charge in [0.25, 0.3) is 5.91 Å². The van der Waals surface area contributed by atoms with Crippen LogP contribution in [0.5, 0.6) is 11.5 Å². The molecule has 0 aromatic heterocycles. The van der Waals surface area contributed by atoms with Gasteiger partial charge in [-0.2, -0.15) is 0 Å². The maximum absolute atomic E-state index is 12.6. The average molecular weight is 376 g/mol. The number of thiocarbonyl (C=S) groups is 1. The fourth-order valence-electron chi connectivity index (χ4n) is 2.81. The van der Waals surface area contributed by atoms with Crippen molar-refractivity contribution in [3.05, 3.63) is 40.3 Å². The van der Waals surface area contributed by atoms with E-state index < -0.39 is 0 Å². The predicted octanol–water partition coefficient (Wildman–Crippen LogP) is 4.26. The number of carbonyl (C=O) groups is 1. The van der Waals surface area contributed by atoms with Crippen LogP contribution in [-0.2, 0) is 4.79 Å². The molecule has 0 bridgehead atoms. The van der Waals surface area contributed by atoms with Crippen LogP contribution in [0.15, 0.2) is 34.8 Å². The Morgan fingerprint density at radius 3 is 2.88 bits per heavy atom. The van der Waals surface area contributed by atoms with Gasteiger partial charge in [0, 0.05) is 12.1 Å². The molecule has 6 heteroatoms. The molecule has 0 spiro atoms. The third-order valence-electron chi connectivity index (χ3n) is 4.03. The zero-order valence-electron chi connectivity index (χ0n) is 14.7. The summed E-state index contributed by atoms with van der Waals surface area (Å²) < 4.78 is 12.0. The number of para-hydroxylation sites is 1. The largest absolute Gasteiger partial charge is 0.493 e. The molecule has 1 saturated heterocycles. The molecule has 25 heavy (non-hydrogen) atoms. The van der Waals surface area contributed by atoms with E-state index in [0.717, 1.165) is 16.9 Å². The smallest absolute Gasteiger partial charge is 0.266 e. The lowest BCUT2D eigenvalue weighted by Crippen LogP contribution is -2.31. The van der Waals surface area contributed by atoms with Gasteiger partial charge in [0.2, 0.25) is 0 Å². The average Bonchev–Trinajstić information content (AvgIpc) is 2.82. The highest BCUT2D eigenvalue weighted by Crippen LogP contribution is 2.39. The van der Waals surface area contributed by atoms with Gasteiger partial charge in [0.15, 0.2) is 11.5 Å². The number of methoxy groups -OCH3 is 1. The Kier molecular flexibility index (Phi) is 5.20. The van der Waals surface area contributed by atoms with E-state index >= 15 is 0 Å². The number of fused-ring (bicyclic) bond motifs is 1. The summed E-state index contributed by atoms with van der Waals surface area (Å²) >= 11 is 6.72. The van der Waals surface area contributed by atoms with Gasteiger partial charge in [-0.3, -0.25) is 9.69 Å². The topological polar surface area (TPSA) is 38.8 Å². The van der Waals surface area contributed by atoms with Crippen molar-refractivity contribution >= 4 is 40.3 Å². The highest BCUT2D eigenvalue weighted by Gasteiger charge is 2.33. The summed E-state index contributed by atoms with van der Waals surface area (Å²) in [5.41, 5.74) is 1.90. The van der Waals surface area contributed by atoms with Gasteiger partial charge in [-0.25, -0.2) is 0 Å². The van der Waals surface area contributed by atoms with Crippen LogP contribution in [0.4, 0.5) is 0 Å². The van der Waals surface area contributed by atoms with E-state index in [-0.39, 0.29) is 12.0 Å². The van der Waals surface area contributed by atoms with Crippen LogP contribution in [0.25, 0.3) is 6.08 Å². The van der Waals surface area contributed by atoms with Crippen LogP contribution in [0.3, 0.4) is 0 Å². The summed E-state index contributed by atoms with van der Waals surface area (Å²) in [6.45, 7) is 6.76. The summed E-state index contributed by atoms with van der Waals surface area (Å²) in [5.74, 6) is 1.80. The van der Waals surface area contributed by atoms with E-state index in [2.05, 4.69) is 13.8 Å². The summed E-state index contributed by atoms with van der Waals surface area (Å²) in [6, 6.07) is 5.77. The molecule has 1 aromatic carbocycles. The summed E-state index contributed by atoms with van der Waals surface area (Å²) in [5, 5.41) is 0. The molecule has 1 amide bonds. The number of benzene rings is 1. The second kappa shape index (κ2) is 7.22. The molecule has 3 rings (SSSR count). The zero-order chi connectivity index (χ0) is 18.1. The van der Waals surface area contributed by atoms with Crippen molar-refractivity contribution in [2.45, 2.75) is 26.9 Å². The molecular formula is C19H21NO3S2. The second-order valence-electron chi connectivity index (χ2n) is 6.47. The standard InChI is InChI=1S/C19H21NO3S2/c1-11(2)10-20-18(21)16(25-19(20)24)9-14-8-13-6-5-7-15(22-4)17(13)23-12(14)3/h5-9,11-12H,10H2,1-4H3. The Morgan fingerprint density at radius 2 is 2.20 bits per heavy atom. The molecule has 1 unspecified atom stereocenters. The first kappa shape index (κ1) is 18.0. The van der Waals surface area contributed by atoms with Crippen LogP contribution in [0, 0.1) is 5.92 Å². The van der Waals surface area contributed by atoms with Gasteiger partial charge in [-0.1, -0.05) is 50.0 Å². The van der Waals surface area contributed by atoms with Gasteiger partial charge >= 0.3 is 0 Å². The number of nitrogens with zero attached hydrogens (tertiary/aromatic N) is 1. The second-order valence-corrected chi connectivity index (χ2v) is 8.14. The lowest BCUT2D eigenvalue weighted by atomic mass is 10.0. The van der Waals surface area contributed by atoms with Crippen molar-refractivity contribution in [1.29, 1.82) is 0 Å². The molecule has 1 aromatic rings. The van der Waals surface area contributed by atoms with Crippen LogP contribution >= 0.6 is 24.0 Å². The number of amides is 1. The van der Waals surface area contributed by atoms with Gasteiger partial charge < -0.3 is 9.47 Å². The highest BCUT2D eigenvalue weighted by molar-refractivity contribution is 8.26. The maximum Gasteiger partial charge on any atom is 0.266 e. The molecule has 2 heterocycles. The number of hydrogen-bond acceptors (Lipinski definition) is 5. The Bertz CT molecular complexity index is 783. The van der Waals surface area contributed by atoms with E-state index in [9.17, 15) is 4.79 Å². The van der Waals surface area contributed by atoms with Gasteiger partial charge in [0.05, 0.1) is 12.0 Å². The monoisotopic (exact) mass is 375 g/mol.